The van der Waals surface area contributed by atoms with Crippen molar-refractivity contribution in [2.75, 3.05) is 18.1 Å². The Hall–Kier alpha value is -4.24. The molecule has 9 heteroatoms. The summed E-state index contributed by atoms with van der Waals surface area (Å²) in [6, 6.07) is 15.4. The Bertz CT molecular complexity index is 1460. The maximum Gasteiger partial charge on any atom is 0.350 e. The summed E-state index contributed by atoms with van der Waals surface area (Å²) in [4.78, 5) is 45.5. The molecular weight excluding hydrogens is 528 g/mol. The third kappa shape index (κ3) is 6.31. The predicted molar refractivity (Wildman–Crippen MR) is 155 cm³/mol. The summed E-state index contributed by atoms with van der Waals surface area (Å²) in [6.45, 7) is 8.26. The molecule has 0 radical (unpaired) electrons. The van der Waals surface area contributed by atoms with E-state index < -0.39 is 29.5 Å². The fourth-order valence-electron chi connectivity index (χ4n) is 4.25. The number of carbonyl (C=O) groups excluding carboxylic acids is 3. The first-order valence-corrected chi connectivity index (χ1v) is 13.9. The summed E-state index contributed by atoms with van der Waals surface area (Å²) in [5.41, 5.74) is 1.66. The molecule has 2 aromatic carbocycles. The van der Waals surface area contributed by atoms with E-state index in [1.807, 2.05) is 30.3 Å². The minimum atomic E-state index is -0.991. The number of aryl methyl sites for hydroxylation is 1. The first kappa shape index (κ1) is 28.8. The average Bonchev–Trinajstić information content (AvgIpc) is 3.44. The van der Waals surface area contributed by atoms with Crippen LogP contribution in [0.2, 0.25) is 0 Å². The number of thiazole rings is 1. The van der Waals surface area contributed by atoms with E-state index in [9.17, 15) is 19.5 Å². The van der Waals surface area contributed by atoms with Crippen molar-refractivity contribution in [3.8, 4) is 5.75 Å². The van der Waals surface area contributed by atoms with Crippen molar-refractivity contribution >= 4 is 40.2 Å². The van der Waals surface area contributed by atoms with Gasteiger partial charge in [-0.2, -0.15) is 0 Å². The first-order chi connectivity index (χ1) is 19.2. The van der Waals surface area contributed by atoms with Crippen LogP contribution in [0.25, 0.3) is 6.08 Å². The van der Waals surface area contributed by atoms with E-state index in [1.54, 1.807) is 44.2 Å². The number of amides is 1. The van der Waals surface area contributed by atoms with Crippen LogP contribution in [0.4, 0.5) is 5.13 Å². The summed E-state index contributed by atoms with van der Waals surface area (Å²) in [7, 11) is 0. The fourth-order valence-corrected chi connectivity index (χ4v) is 5.24. The SMILES string of the molecule is CCOC(=O)c1sc(N2C(=O)C(O)=C(C(=O)/C=C/c3ccccc3)C2c2cccc(OCCC(C)C)c2)nc1C. The number of anilines is 1. The number of ketones is 1. The number of rotatable bonds is 11. The molecule has 4 rings (SSSR count). The summed E-state index contributed by atoms with van der Waals surface area (Å²) < 4.78 is 11.1. The molecule has 1 aliphatic rings. The molecule has 3 aromatic rings. The van der Waals surface area contributed by atoms with Gasteiger partial charge in [-0.05, 0) is 55.5 Å². The van der Waals surface area contributed by atoms with Crippen molar-refractivity contribution in [1.29, 1.82) is 0 Å². The number of aliphatic hydroxyl groups excluding tert-OH is 1. The lowest BCUT2D eigenvalue weighted by Crippen LogP contribution is -2.30. The minimum absolute atomic E-state index is 0.0814. The molecule has 2 heterocycles. The van der Waals surface area contributed by atoms with Crippen LogP contribution in [0.3, 0.4) is 0 Å². The van der Waals surface area contributed by atoms with Gasteiger partial charge < -0.3 is 14.6 Å². The van der Waals surface area contributed by atoms with E-state index in [0.29, 0.717) is 29.5 Å². The molecule has 0 aliphatic carbocycles. The third-order valence-corrected chi connectivity index (χ3v) is 7.43. The van der Waals surface area contributed by atoms with Gasteiger partial charge in [-0.25, -0.2) is 9.78 Å². The highest BCUT2D eigenvalue weighted by Gasteiger charge is 2.45. The molecule has 1 atom stereocenters. The number of carbonyl (C=O) groups is 3. The van der Waals surface area contributed by atoms with Crippen molar-refractivity contribution in [1.82, 2.24) is 4.98 Å². The molecule has 1 aromatic heterocycles. The number of hydrogen-bond donors (Lipinski definition) is 1. The number of esters is 1. The zero-order valence-corrected chi connectivity index (χ0v) is 23.7. The molecule has 0 saturated heterocycles. The van der Waals surface area contributed by atoms with Gasteiger partial charge in [0, 0.05) is 0 Å². The number of aliphatic hydroxyl groups is 1. The highest BCUT2D eigenvalue weighted by atomic mass is 32.1. The van der Waals surface area contributed by atoms with Crippen molar-refractivity contribution in [3.63, 3.8) is 0 Å². The lowest BCUT2D eigenvalue weighted by molar-refractivity contribution is -0.117. The average molecular weight is 561 g/mol. The van der Waals surface area contributed by atoms with Gasteiger partial charge >= 0.3 is 5.97 Å². The molecule has 40 heavy (non-hydrogen) atoms. The molecule has 0 saturated carbocycles. The number of nitrogens with zero attached hydrogens (tertiary/aromatic N) is 2. The van der Waals surface area contributed by atoms with Gasteiger partial charge in [-0.3, -0.25) is 14.5 Å². The third-order valence-electron chi connectivity index (χ3n) is 6.29. The summed E-state index contributed by atoms with van der Waals surface area (Å²) in [6.07, 6.45) is 3.83. The quantitative estimate of drug-likeness (QED) is 0.219. The number of benzene rings is 2. The van der Waals surface area contributed by atoms with Crippen LogP contribution in [0.1, 0.15) is 59.7 Å². The van der Waals surface area contributed by atoms with Crippen molar-refractivity contribution < 1.29 is 29.0 Å². The van der Waals surface area contributed by atoms with Gasteiger partial charge in [0.05, 0.1) is 30.5 Å². The van der Waals surface area contributed by atoms with Crippen LogP contribution in [0.15, 0.2) is 72.0 Å². The molecular formula is C31H32N2O6S. The number of hydrogen-bond acceptors (Lipinski definition) is 8. The second kappa shape index (κ2) is 12.7. The Kier molecular flexibility index (Phi) is 9.16. The van der Waals surface area contributed by atoms with E-state index in [1.165, 1.54) is 11.0 Å². The maximum absolute atomic E-state index is 13.5. The van der Waals surface area contributed by atoms with Gasteiger partial charge in [0.2, 0.25) is 0 Å². The molecule has 208 valence electrons. The largest absolute Gasteiger partial charge is 0.503 e. The minimum Gasteiger partial charge on any atom is -0.503 e. The van der Waals surface area contributed by atoms with Crippen LogP contribution < -0.4 is 9.64 Å². The molecule has 0 spiro atoms. The molecule has 1 unspecified atom stereocenters. The van der Waals surface area contributed by atoms with Crippen LogP contribution in [-0.4, -0.2) is 41.0 Å². The van der Waals surface area contributed by atoms with Gasteiger partial charge in [0.1, 0.15) is 10.6 Å². The topological polar surface area (TPSA) is 106 Å². The van der Waals surface area contributed by atoms with Crippen LogP contribution in [-0.2, 0) is 14.3 Å². The number of allylic oxidation sites excluding steroid dienone is 1. The van der Waals surface area contributed by atoms with Gasteiger partial charge in [-0.15, -0.1) is 0 Å². The van der Waals surface area contributed by atoms with E-state index in [4.69, 9.17) is 9.47 Å². The Labute approximate surface area is 237 Å². The Morgan fingerprint density at radius 3 is 2.60 bits per heavy atom. The smallest absolute Gasteiger partial charge is 0.350 e. The van der Waals surface area contributed by atoms with Crippen LogP contribution in [0.5, 0.6) is 5.75 Å². The predicted octanol–water partition coefficient (Wildman–Crippen LogP) is 6.24. The lowest BCUT2D eigenvalue weighted by atomic mass is 9.95. The highest BCUT2D eigenvalue weighted by molar-refractivity contribution is 7.17. The van der Waals surface area contributed by atoms with E-state index >= 15 is 0 Å². The number of aromatic nitrogens is 1. The van der Waals surface area contributed by atoms with Crippen molar-refractivity contribution in [2.24, 2.45) is 5.92 Å². The van der Waals surface area contributed by atoms with E-state index in [-0.39, 0.29) is 22.2 Å². The van der Waals surface area contributed by atoms with Crippen LogP contribution in [0, 0.1) is 12.8 Å². The van der Waals surface area contributed by atoms with Gasteiger partial charge in [-0.1, -0.05) is 73.7 Å². The molecule has 1 amide bonds. The Balaban J connectivity index is 1.76. The molecule has 0 bridgehead atoms. The molecule has 1 aliphatic heterocycles. The number of ether oxygens (including phenoxy) is 2. The molecule has 8 nitrogen and oxygen atoms in total. The van der Waals surface area contributed by atoms with Gasteiger partial charge in [0.25, 0.3) is 5.91 Å². The zero-order valence-electron chi connectivity index (χ0n) is 22.9. The molecule has 0 fully saturated rings. The Morgan fingerprint density at radius 2 is 1.90 bits per heavy atom. The summed E-state index contributed by atoms with van der Waals surface area (Å²) in [5.74, 6) is -1.47. The van der Waals surface area contributed by atoms with E-state index in [0.717, 1.165) is 23.3 Å². The van der Waals surface area contributed by atoms with Crippen molar-refractivity contribution in [2.45, 2.75) is 40.2 Å². The standard InChI is InChI=1S/C31H32N2O6S/c1-5-38-30(37)28-20(4)32-31(40-28)33-26(22-12-9-13-23(18-22)39-17-16-19(2)3)25(27(35)29(33)36)24(34)15-14-21-10-7-6-8-11-21/h6-15,18-19,26,35H,5,16-17H2,1-4H3/b15-14+. The first-order valence-electron chi connectivity index (χ1n) is 13.1. The normalized spacial score (nSPS) is 15.4. The summed E-state index contributed by atoms with van der Waals surface area (Å²) >= 11 is 0.975. The second-order valence-electron chi connectivity index (χ2n) is 9.68. The summed E-state index contributed by atoms with van der Waals surface area (Å²) in [5, 5.41) is 11.2. The van der Waals surface area contributed by atoms with Crippen LogP contribution >= 0.6 is 11.3 Å². The fraction of sp³-hybridized carbons (Fsp3) is 0.290. The lowest BCUT2D eigenvalue weighted by Gasteiger charge is -2.24. The van der Waals surface area contributed by atoms with Gasteiger partial charge in [0.15, 0.2) is 16.7 Å². The zero-order chi connectivity index (χ0) is 28.8. The molecule has 1 N–H and O–H groups in total. The Morgan fingerprint density at radius 1 is 1.15 bits per heavy atom. The monoisotopic (exact) mass is 560 g/mol. The van der Waals surface area contributed by atoms with E-state index in [2.05, 4.69) is 18.8 Å². The maximum atomic E-state index is 13.5. The second-order valence-corrected chi connectivity index (χ2v) is 10.7. The van der Waals surface area contributed by atoms with Crippen molar-refractivity contribution in [3.05, 3.63) is 93.7 Å². The highest BCUT2D eigenvalue weighted by Crippen LogP contribution is 2.43.